The van der Waals surface area contributed by atoms with Gasteiger partial charge in [0.1, 0.15) is 0 Å². The summed E-state index contributed by atoms with van der Waals surface area (Å²) in [6.45, 7) is 6.98. The van der Waals surface area contributed by atoms with Crippen LogP contribution in [0, 0.1) is 4.72 Å². The first kappa shape index (κ1) is 6.81. The van der Waals surface area contributed by atoms with Crippen LogP contribution >= 0.6 is 0 Å². The molecule has 0 saturated carbocycles. The second-order valence-electron chi connectivity index (χ2n) is 2.65. The first-order valence-electron chi connectivity index (χ1n) is 2.37. The van der Waals surface area contributed by atoms with Gasteiger partial charge in [0.25, 0.3) is 0 Å². The van der Waals surface area contributed by atoms with Gasteiger partial charge < -0.3 is 0 Å². The zero-order valence-electron chi connectivity index (χ0n) is 5.08. The molecule has 0 nitrogen and oxygen atoms in total. The quantitative estimate of drug-likeness (QED) is 0.427. The Balaban J connectivity index is 3.17. The van der Waals surface area contributed by atoms with E-state index in [0.29, 0.717) is 0 Å². The van der Waals surface area contributed by atoms with E-state index < -0.39 is 8.07 Å². The minimum atomic E-state index is -0.756. The van der Waals surface area contributed by atoms with Crippen molar-refractivity contribution in [2.75, 3.05) is 0 Å². The molecule has 0 aliphatic rings. The van der Waals surface area contributed by atoms with Crippen molar-refractivity contribution in [1.82, 2.24) is 0 Å². The summed E-state index contributed by atoms with van der Waals surface area (Å²) in [7, 11) is -0.756. The molecule has 0 spiro atoms. The zero-order chi connectivity index (χ0) is 5.21. The molecule has 0 N–H and O–H groups in total. The minimum absolute atomic E-state index is 0.756. The first-order valence-corrected chi connectivity index (χ1v) is 5.94. The molecule has 2 heteroatoms. The summed E-state index contributed by atoms with van der Waals surface area (Å²) >= 11 is 2.15. The van der Waals surface area contributed by atoms with Crippen LogP contribution in [0.3, 0.4) is 0 Å². The molecule has 1 radical (unpaired) electrons. The SMILES string of the molecule is [Li][CH][Si](C)(C)C. The van der Waals surface area contributed by atoms with Crippen molar-refractivity contribution >= 4 is 25.8 Å². The van der Waals surface area contributed by atoms with Crippen molar-refractivity contribution in [3.63, 3.8) is 0 Å². The Morgan fingerprint density at radius 2 is 1.50 bits per heavy atom. The summed E-state index contributed by atoms with van der Waals surface area (Å²) in [6.07, 6.45) is 0. The number of hydrogen-bond acceptors (Lipinski definition) is 0. The molecule has 6 heavy (non-hydrogen) atoms. The normalized spacial score (nSPS) is 12.2. The summed E-state index contributed by atoms with van der Waals surface area (Å²) in [5.74, 6) is 0. The van der Waals surface area contributed by atoms with Crippen LogP contribution in [0.2, 0.25) is 19.6 Å². The number of hydrogen-bond donors (Lipinski definition) is 0. The van der Waals surface area contributed by atoms with Crippen molar-refractivity contribution in [3.05, 3.63) is 4.72 Å². The third-order valence-electron chi connectivity index (χ3n) is 0.866. The van der Waals surface area contributed by atoms with E-state index in [2.05, 4.69) is 42.1 Å². The molecular weight excluding hydrogens is 83.1 g/mol. The van der Waals surface area contributed by atoms with Gasteiger partial charge in [-0.25, -0.2) is 0 Å². The van der Waals surface area contributed by atoms with Crippen LogP contribution in [-0.2, 0) is 0 Å². The van der Waals surface area contributed by atoms with Crippen LogP contribution in [0.25, 0.3) is 0 Å². The van der Waals surface area contributed by atoms with Gasteiger partial charge in [-0.1, -0.05) is 0 Å². The third kappa shape index (κ3) is 4.81. The molecule has 0 aliphatic carbocycles. The van der Waals surface area contributed by atoms with Gasteiger partial charge >= 0.3 is 50.1 Å². The molecule has 0 unspecified atom stereocenters. The van der Waals surface area contributed by atoms with Gasteiger partial charge in [0.15, 0.2) is 0 Å². The van der Waals surface area contributed by atoms with Crippen molar-refractivity contribution in [1.29, 1.82) is 0 Å². The van der Waals surface area contributed by atoms with Gasteiger partial charge in [0.05, 0.1) is 0 Å². The summed E-state index contributed by atoms with van der Waals surface area (Å²) in [4.78, 5) is 0. The average molecular weight is 93.2 g/mol. The van der Waals surface area contributed by atoms with Gasteiger partial charge in [-0.05, 0) is 0 Å². The van der Waals surface area contributed by atoms with Crippen LogP contribution in [0.1, 0.15) is 0 Å². The maximum absolute atomic E-state index is 2.33. The molecule has 0 saturated heterocycles. The van der Waals surface area contributed by atoms with Crippen LogP contribution < -0.4 is 0 Å². The topological polar surface area (TPSA) is 0 Å². The van der Waals surface area contributed by atoms with Crippen molar-refractivity contribution in [2.24, 2.45) is 0 Å². The van der Waals surface area contributed by atoms with Gasteiger partial charge in [-0.2, -0.15) is 0 Å². The molecule has 0 aromatic carbocycles. The van der Waals surface area contributed by atoms with E-state index in [-0.39, 0.29) is 0 Å². The molecule has 0 fully saturated rings. The molecule has 0 bridgehead atoms. The van der Waals surface area contributed by atoms with E-state index in [4.69, 9.17) is 0 Å². The predicted molar refractivity (Wildman–Crippen MR) is 33.4 cm³/mol. The van der Waals surface area contributed by atoms with Crippen molar-refractivity contribution < 1.29 is 0 Å². The van der Waals surface area contributed by atoms with E-state index in [1.165, 1.54) is 0 Å². The monoisotopic (exact) mass is 93.1 g/mol. The number of rotatable bonds is 1. The fraction of sp³-hybridized carbons (Fsp3) is 0.750. The summed E-state index contributed by atoms with van der Waals surface area (Å²) in [5, 5.41) is 0. The Hall–Kier alpha value is 0.814. The van der Waals surface area contributed by atoms with Crippen molar-refractivity contribution in [3.8, 4) is 0 Å². The van der Waals surface area contributed by atoms with Crippen LogP contribution in [-0.4, -0.2) is 25.8 Å². The average Bonchev–Trinajstić information content (AvgIpc) is 1.35. The van der Waals surface area contributed by atoms with E-state index in [1.54, 1.807) is 0 Å². The Kier molecular flexibility index (Phi) is 2.51. The Morgan fingerprint density at radius 3 is 1.50 bits per heavy atom. The molecule has 0 aromatic heterocycles. The standard InChI is InChI=1S/C4H10Si.Li/c1-5(2,3)4;/h1H,2-4H3;. The molecule has 0 aliphatic heterocycles. The summed E-state index contributed by atoms with van der Waals surface area (Å²) in [5.41, 5.74) is 0. The molecule has 0 amide bonds. The summed E-state index contributed by atoms with van der Waals surface area (Å²) < 4.78 is 2.33. The van der Waals surface area contributed by atoms with E-state index in [9.17, 15) is 0 Å². The molecule has 31 valence electrons. The predicted octanol–water partition coefficient (Wildman–Crippen LogP) is 1.19. The van der Waals surface area contributed by atoms with E-state index in [1.807, 2.05) is 0 Å². The van der Waals surface area contributed by atoms with Crippen molar-refractivity contribution in [2.45, 2.75) is 19.6 Å². The van der Waals surface area contributed by atoms with E-state index >= 15 is 0 Å². The molecule has 0 aromatic rings. The second-order valence-corrected chi connectivity index (χ2v) is 7.96. The second kappa shape index (κ2) is 2.21. The van der Waals surface area contributed by atoms with Gasteiger partial charge in [0, 0.05) is 0 Å². The Morgan fingerprint density at radius 1 is 1.33 bits per heavy atom. The van der Waals surface area contributed by atoms with E-state index in [0.717, 1.165) is 0 Å². The Bertz CT molecular complexity index is 37.3. The van der Waals surface area contributed by atoms with Crippen LogP contribution in [0.15, 0.2) is 0 Å². The fourth-order valence-corrected chi connectivity index (χ4v) is 0. The zero-order valence-corrected chi connectivity index (χ0v) is 6.08. The third-order valence-corrected chi connectivity index (χ3v) is 2.60. The first-order chi connectivity index (χ1) is 2.56. The summed E-state index contributed by atoms with van der Waals surface area (Å²) in [6, 6.07) is 0. The Labute approximate surface area is 50.5 Å². The van der Waals surface area contributed by atoms with Gasteiger partial charge in [0.2, 0.25) is 0 Å². The van der Waals surface area contributed by atoms with Crippen LogP contribution in [0.5, 0.6) is 0 Å². The van der Waals surface area contributed by atoms with Gasteiger partial charge in [-0.15, -0.1) is 0 Å². The maximum atomic E-state index is 2.33. The van der Waals surface area contributed by atoms with Crippen LogP contribution in [0.4, 0.5) is 0 Å². The van der Waals surface area contributed by atoms with Gasteiger partial charge in [-0.3, -0.25) is 0 Å². The molecular formula is C4H10LiSi. The molecule has 0 atom stereocenters. The molecule has 0 rings (SSSR count). The molecule has 0 heterocycles. The fourth-order valence-electron chi connectivity index (χ4n) is 0.